The van der Waals surface area contributed by atoms with Crippen molar-refractivity contribution in [2.45, 2.75) is 45.3 Å². The Morgan fingerprint density at radius 1 is 1.00 bits per heavy atom. The molecule has 3 aromatic rings. The Morgan fingerprint density at radius 3 is 2.52 bits per heavy atom. The Bertz CT molecular complexity index is 1180. The van der Waals surface area contributed by atoms with Gasteiger partial charge >= 0.3 is 5.69 Å². The minimum absolute atomic E-state index is 0.0140. The van der Waals surface area contributed by atoms with Crippen molar-refractivity contribution in [1.29, 1.82) is 0 Å². The van der Waals surface area contributed by atoms with Crippen molar-refractivity contribution < 1.29 is 14.3 Å². The molecule has 1 aromatic heterocycles. The van der Waals surface area contributed by atoms with Crippen molar-refractivity contribution in [2.75, 3.05) is 19.8 Å². The fraction of sp³-hybridized carbons (Fsp3) is 0.417. The number of benzene rings is 2. The third-order valence-electron chi connectivity index (χ3n) is 6.26. The van der Waals surface area contributed by atoms with Crippen LogP contribution in [0.4, 0.5) is 0 Å². The van der Waals surface area contributed by atoms with Crippen LogP contribution in [0.1, 0.15) is 37.8 Å². The molecule has 2 aliphatic heterocycles. The van der Waals surface area contributed by atoms with Crippen molar-refractivity contribution in [2.24, 2.45) is 0 Å². The summed E-state index contributed by atoms with van der Waals surface area (Å²) in [7, 11) is 0. The first-order valence-electron chi connectivity index (χ1n) is 11.0. The van der Waals surface area contributed by atoms with Gasteiger partial charge in [-0.05, 0) is 49.6 Å². The van der Waals surface area contributed by atoms with Crippen LogP contribution in [0.3, 0.4) is 0 Å². The second-order valence-electron chi connectivity index (χ2n) is 8.10. The highest BCUT2D eigenvalue weighted by Gasteiger charge is 2.31. The number of likely N-dealkylation sites (tertiary alicyclic amines) is 1. The number of ether oxygens (including phenoxy) is 2. The largest absolute Gasteiger partial charge is 0.490 e. The number of aromatic nitrogens is 2. The standard InChI is InChI=1S/C24H27N3O4/c1-2-25-19-7-3-4-8-20(19)27(24(25)29)16-23(28)26-12-5-9-18(26)17-10-11-21-22(15-17)31-14-6-13-30-21/h3-4,7-8,10-11,15,18H,2,5-6,9,12-14,16H2,1H3/t18-/m0/s1. The predicted molar refractivity (Wildman–Crippen MR) is 118 cm³/mol. The van der Waals surface area contributed by atoms with E-state index in [1.54, 1.807) is 9.13 Å². The summed E-state index contributed by atoms with van der Waals surface area (Å²) in [6.07, 6.45) is 2.70. The van der Waals surface area contributed by atoms with Crippen LogP contribution in [0.15, 0.2) is 47.3 Å². The SMILES string of the molecule is CCn1c(=O)n(CC(=O)N2CCC[C@H]2c2ccc3c(c2)OCCCO3)c2ccccc21. The number of carbonyl (C=O) groups is 1. The highest BCUT2D eigenvalue weighted by Crippen LogP contribution is 2.38. The molecule has 0 spiro atoms. The molecule has 0 aliphatic carbocycles. The van der Waals surface area contributed by atoms with Gasteiger partial charge in [0.15, 0.2) is 11.5 Å². The molecular formula is C24H27N3O4. The summed E-state index contributed by atoms with van der Waals surface area (Å²) in [4.78, 5) is 28.2. The second kappa shape index (κ2) is 8.13. The van der Waals surface area contributed by atoms with E-state index in [9.17, 15) is 9.59 Å². The Labute approximate surface area is 180 Å². The number of amides is 1. The van der Waals surface area contributed by atoms with Crippen molar-refractivity contribution >= 4 is 16.9 Å². The van der Waals surface area contributed by atoms with E-state index in [4.69, 9.17) is 9.47 Å². The fourth-order valence-corrected chi connectivity index (χ4v) is 4.76. The van der Waals surface area contributed by atoms with E-state index < -0.39 is 0 Å². The van der Waals surface area contributed by atoms with Crippen LogP contribution in [0, 0.1) is 0 Å². The molecule has 162 valence electrons. The Morgan fingerprint density at radius 2 is 1.74 bits per heavy atom. The minimum atomic E-state index is -0.136. The maximum Gasteiger partial charge on any atom is 0.329 e. The average molecular weight is 421 g/mol. The quantitative estimate of drug-likeness (QED) is 0.648. The van der Waals surface area contributed by atoms with E-state index in [0.717, 1.165) is 47.4 Å². The van der Waals surface area contributed by atoms with Gasteiger partial charge in [-0.1, -0.05) is 18.2 Å². The summed E-state index contributed by atoms with van der Waals surface area (Å²) in [5.74, 6) is 1.48. The van der Waals surface area contributed by atoms with Gasteiger partial charge in [-0.3, -0.25) is 13.9 Å². The predicted octanol–water partition coefficient (Wildman–Crippen LogP) is 3.35. The molecule has 31 heavy (non-hydrogen) atoms. The summed E-state index contributed by atoms with van der Waals surface area (Å²) < 4.78 is 14.9. The summed E-state index contributed by atoms with van der Waals surface area (Å²) >= 11 is 0. The zero-order valence-electron chi connectivity index (χ0n) is 17.8. The lowest BCUT2D eigenvalue weighted by Gasteiger charge is -2.26. The van der Waals surface area contributed by atoms with Gasteiger partial charge in [0.05, 0.1) is 30.3 Å². The Hall–Kier alpha value is -3.22. The number of hydrogen-bond donors (Lipinski definition) is 0. The molecule has 1 saturated heterocycles. The van der Waals surface area contributed by atoms with Gasteiger partial charge < -0.3 is 14.4 Å². The highest BCUT2D eigenvalue weighted by molar-refractivity contribution is 5.81. The number of fused-ring (bicyclic) bond motifs is 2. The maximum absolute atomic E-state index is 13.3. The van der Waals surface area contributed by atoms with Crippen molar-refractivity contribution in [1.82, 2.24) is 14.0 Å². The first-order chi connectivity index (χ1) is 15.2. The van der Waals surface area contributed by atoms with Crippen LogP contribution in [0.25, 0.3) is 11.0 Å². The van der Waals surface area contributed by atoms with Gasteiger partial charge in [0.25, 0.3) is 0 Å². The minimum Gasteiger partial charge on any atom is -0.490 e. The number of hydrogen-bond acceptors (Lipinski definition) is 4. The molecule has 0 N–H and O–H groups in total. The lowest BCUT2D eigenvalue weighted by Crippen LogP contribution is -2.36. The van der Waals surface area contributed by atoms with Gasteiger partial charge in [0.2, 0.25) is 5.91 Å². The molecule has 7 heteroatoms. The highest BCUT2D eigenvalue weighted by atomic mass is 16.5. The number of carbonyl (C=O) groups excluding carboxylic acids is 1. The van der Waals surface area contributed by atoms with Gasteiger partial charge in [-0.25, -0.2) is 4.79 Å². The molecule has 0 radical (unpaired) electrons. The van der Waals surface area contributed by atoms with Crippen molar-refractivity contribution in [3.05, 3.63) is 58.5 Å². The van der Waals surface area contributed by atoms with Crippen LogP contribution in [0.5, 0.6) is 11.5 Å². The van der Waals surface area contributed by atoms with Crippen molar-refractivity contribution in [3.63, 3.8) is 0 Å². The van der Waals surface area contributed by atoms with Crippen molar-refractivity contribution in [3.8, 4) is 11.5 Å². The zero-order valence-corrected chi connectivity index (χ0v) is 17.8. The molecule has 1 atom stereocenters. The number of nitrogens with zero attached hydrogens (tertiary/aromatic N) is 3. The summed E-state index contributed by atoms with van der Waals surface area (Å²) in [5.41, 5.74) is 2.58. The smallest absolute Gasteiger partial charge is 0.329 e. The summed E-state index contributed by atoms with van der Waals surface area (Å²) in [5, 5.41) is 0. The topological polar surface area (TPSA) is 65.7 Å². The first-order valence-corrected chi connectivity index (χ1v) is 11.0. The normalized spacial score (nSPS) is 18.4. The molecular weight excluding hydrogens is 394 g/mol. The fourth-order valence-electron chi connectivity index (χ4n) is 4.76. The summed E-state index contributed by atoms with van der Waals surface area (Å²) in [6.45, 7) is 4.55. The number of rotatable bonds is 4. The lowest BCUT2D eigenvalue weighted by atomic mass is 10.0. The molecule has 0 bridgehead atoms. The number of imidazole rings is 1. The first kappa shape index (κ1) is 19.7. The number of para-hydroxylation sites is 2. The third kappa shape index (κ3) is 3.48. The molecule has 7 nitrogen and oxygen atoms in total. The van der Waals surface area contributed by atoms with Crippen LogP contribution in [0.2, 0.25) is 0 Å². The molecule has 2 aromatic carbocycles. The zero-order chi connectivity index (χ0) is 21.4. The van der Waals surface area contributed by atoms with E-state index in [1.807, 2.05) is 54.3 Å². The molecule has 0 saturated carbocycles. The van der Waals surface area contributed by atoms with Crippen LogP contribution >= 0.6 is 0 Å². The van der Waals surface area contributed by atoms with E-state index in [2.05, 4.69) is 0 Å². The van der Waals surface area contributed by atoms with Gasteiger partial charge in [0, 0.05) is 19.5 Å². The van der Waals surface area contributed by atoms with Crippen LogP contribution < -0.4 is 15.2 Å². The molecule has 3 heterocycles. The lowest BCUT2D eigenvalue weighted by molar-refractivity contribution is -0.132. The van der Waals surface area contributed by atoms with Gasteiger partial charge in [0.1, 0.15) is 6.54 Å². The van der Waals surface area contributed by atoms with E-state index in [1.165, 1.54) is 0 Å². The third-order valence-corrected chi connectivity index (χ3v) is 6.26. The van der Waals surface area contributed by atoms with E-state index in [-0.39, 0.29) is 24.2 Å². The van der Waals surface area contributed by atoms with Crippen LogP contribution in [-0.4, -0.2) is 39.7 Å². The van der Waals surface area contributed by atoms with Gasteiger partial charge in [-0.15, -0.1) is 0 Å². The second-order valence-corrected chi connectivity index (χ2v) is 8.10. The Balaban J connectivity index is 1.43. The number of aryl methyl sites for hydroxylation is 1. The average Bonchev–Trinajstić information content (AvgIpc) is 3.29. The maximum atomic E-state index is 13.3. The summed E-state index contributed by atoms with van der Waals surface area (Å²) in [6, 6.07) is 13.6. The van der Waals surface area contributed by atoms with E-state index in [0.29, 0.717) is 26.3 Å². The monoisotopic (exact) mass is 421 g/mol. The van der Waals surface area contributed by atoms with E-state index >= 15 is 0 Å². The molecule has 1 amide bonds. The molecule has 5 rings (SSSR count). The van der Waals surface area contributed by atoms with Gasteiger partial charge in [-0.2, -0.15) is 0 Å². The molecule has 0 unspecified atom stereocenters. The van der Waals surface area contributed by atoms with Crippen LogP contribution in [-0.2, 0) is 17.9 Å². The molecule has 2 aliphatic rings. The Kier molecular flexibility index (Phi) is 5.18. The molecule has 1 fully saturated rings.